The summed E-state index contributed by atoms with van der Waals surface area (Å²) in [6, 6.07) is 29.7. The van der Waals surface area contributed by atoms with Crippen LogP contribution < -0.4 is 10.2 Å². The van der Waals surface area contributed by atoms with Crippen LogP contribution in [0.1, 0.15) is 37.7 Å². The Labute approximate surface area is 226 Å². The fourth-order valence-corrected chi connectivity index (χ4v) is 4.55. The molecule has 6 rings (SSSR count). The van der Waals surface area contributed by atoms with Gasteiger partial charge in [-0.05, 0) is 54.4 Å². The summed E-state index contributed by atoms with van der Waals surface area (Å²) in [4.78, 5) is 35.3. The molecule has 1 aliphatic heterocycles. The molecule has 0 fully saturated rings. The predicted octanol–water partition coefficient (Wildman–Crippen LogP) is 6.51. The number of nitrogens with one attached hydrogen (secondary N) is 2. The summed E-state index contributed by atoms with van der Waals surface area (Å²) < 4.78 is 35.3. The van der Waals surface area contributed by atoms with Gasteiger partial charge in [-0.1, -0.05) is 66.7 Å². The zero-order valence-electron chi connectivity index (χ0n) is 24.5. The summed E-state index contributed by atoms with van der Waals surface area (Å²) in [5, 5.41) is 2.87. The molecule has 1 aromatic heterocycles. The summed E-state index contributed by atoms with van der Waals surface area (Å²) in [6.45, 7) is -1.11. The second kappa shape index (κ2) is 9.82. The third-order valence-corrected chi connectivity index (χ3v) is 6.36. The number of carbonyl (C=O) groups is 2. The largest absolute Gasteiger partial charge is 0.346 e. The molecule has 0 bridgehead atoms. The lowest BCUT2D eigenvalue weighted by Crippen LogP contribution is -2.32. The van der Waals surface area contributed by atoms with Gasteiger partial charge in [0.15, 0.2) is 0 Å². The number of H-pyrrole nitrogens is 1. The molecule has 0 aliphatic carbocycles. The van der Waals surface area contributed by atoms with E-state index in [1.165, 1.54) is 12.1 Å². The average Bonchev–Trinajstić information content (AvgIpc) is 3.38. The van der Waals surface area contributed by atoms with Crippen molar-refractivity contribution in [1.29, 1.82) is 0 Å². The Kier molecular flexibility index (Phi) is 4.96. The second-order valence-corrected chi connectivity index (χ2v) is 8.88. The summed E-state index contributed by atoms with van der Waals surface area (Å²) in [6.07, 6.45) is -2.61. The molecule has 5 aromatic rings. The molecule has 4 aromatic carbocycles. The van der Waals surface area contributed by atoms with E-state index in [1.807, 2.05) is 42.5 Å². The summed E-state index contributed by atoms with van der Waals surface area (Å²) in [7, 11) is 0. The smallest absolute Gasteiger partial charge is 0.258 e. The number of aryl methyl sites for hydroxylation is 2. The van der Waals surface area contributed by atoms with Crippen molar-refractivity contribution in [2.45, 2.75) is 13.3 Å². The van der Waals surface area contributed by atoms with Crippen LogP contribution in [0.5, 0.6) is 0 Å². The zero-order valence-corrected chi connectivity index (χ0v) is 20.5. The van der Waals surface area contributed by atoms with Gasteiger partial charge in [0.1, 0.15) is 5.82 Å². The Morgan fingerprint density at radius 3 is 2.34 bits per heavy atom. The van der Waals surface area contributed by atoms with Gasteiger partial charge < -0.3 is 15.2 Å². The Hall–Kier alpha value is -4.97. The van der Waals surface area contributed by atoms with Gasteiger partial charge in [0.2, 0.25) is 0 Å². The van der Waals surface area contributed by atoms with Crippen LogP contribution in [0, 0.1) is 6.92 Å². The monoisotopic (exact) mass is 502 g/mol. The summed E-state index contributed by atoms with van der Waals surface area (Å²) in [5.74, 6) is -0.604. The van der Waals surface area contributed by atoms with Crippen molar-refractivity contribution in [3.05, 3.63) is 126 Å². The van der Waals surface area contributed by atoms with Crippen LogP contribution in [0.3, 0.4) is 0 Å². The van der Waals surface area contributed by atoms with Crippen molar-refractivity contribution in [1.82, 2.24) is 9.97 Å². The van der Waals surface area contributed by atoms with Gasteiger partial charge in [0.05, 0.1) is 14.1 Å². The van der Waals surface area contributed by atoms with E-state index >= 15 is 0 Å². The van der Waals surface area contributed by atoms with Crippen LogP contribution in [0.2, 0.25) is 0 Å². The summed E-state index contributed by atoms with van der Waals surface area (Å²) in [5.41, 5.74) is 3.65. The SMILES string of the molecule is [2H]C1([2H])c2[nH]c(C)nc2-c2ccccc2N(C(=O)c2ccc(NC(=O)c3ccccc3-c3ccccc3)cc2)C1([2H])[2H]. The topological polar surface area (TPSA) is 78.1 Å². The fraction of sp³-hybridized carbons (Fsp3) is 0.0938. The molecule has 186 valence electrons. The van der Waals surface area contributed by atoms with Crippen molar-refractivity contribution in [2.75, 3.05) is 16.7 Å². The maximum absolute atomic E-state index is 13.9. The van der Waals surface area contributed by atoms with Crippen LogP contribution in [0.4, 0.5) is 11.4 Å². The van der Waals surface area contributed by atoms with Crippen LogP contribution in [0.25, 0.3) is 22.4 Å². The molecule has 0 spiro atoms. The zero-order chi connectivity index (χ0) is 29.6. The Balaban J connectivity index is 1.32. The number of anilines is 2. The summed E-state index contributed by atoms with van der Waals surface area (Å²) >= 11 is 0. The lowest BCUT2D eigenvalue weighted by molar-refractivity contribution is 0.0986. The third kappa shape index (κ3) is 4.37. The molecule has 1 aliphatic rings. The van der Waals surface area contributed by atoms with Gasteiger partial charge >= 0.3 is 0 Å². The van der Waals surface area contributed by atoms with Crippen molar-refractivity contribution < 1.29 is 15.1 Å². The third-order valence-electron chi connectivity index (χ3n) is 6.36. The number of aromatic amines is 1. The number of benzene rings is 4. The van der Waals surface area contributed by atoms with Crippen molar-refractivity contribution >= 4 is 23.2 Å². The average molecular weight is 503 g/mol. The molecule has 2 amide bonds. The number of rotatable bonds is 4. The number of amides is 2. The van der Waals surface area contributed by atoms with Crippen LogP contribution in [-0.4, -0.2) is 28.3 Å². The van der Waals surface area contributed by atoms with Crippen molar-refractivity contribution in [3.63, 3.8) is 0 Å². The lowest BCUT2D eigenvalue weighted by Gasteiger charge is -2.23. The Morgan fingerprint density at radius 1 is 0.868 bits per heavy atom. The van der Waals surface area contributed by atoms with E-state index < -0.39 is 18.8 Å². The predicted molar refractivity (Wildman–Crippen MR) is 150 cm³/mol. The molecule has 6 nitrogen and oxygen atoms in total. The maximum Gasteiger partial charge on any atom is 0.258 e. The molecular formula is C32H26N4O2. The first-order valence-electron chi connectivity index (χ1n) is 14.2. The van der Waals surface area contributed by atoms with Gasteiger partial charge in [-0.15, -0.1) is 0 Å². The van der Waals surface area contributed by atoms with Crippen LogP contribution >= 0.6 is 0 Å². The fourth-order valence-electron chi connectivity index (χ4n) is 4.55. The maximum atomic E-state index is 13.9. The number of imidazole rings is 1. The minimum absolute atomic E-state index is 0.0263. The number of nitrogens with zero attached hydrogens (tertiary/aromatic N) is 2. The lowest BCUT2D eigenvalue weighted by atomic mass is 9.99. The highest BCUT2D eigenvalue weighted by Crippen LogP contribution is 2.36. The minimum Gasteiger partial charge on any atom is -0.346 e. The van der Waals surface area contributed by atoms with Crippen LogP contribution in [-0.2, 0) is 6.37 Å². The number of fused-ring (bicyclic) bond motifs is 3. The number of carbonyl (C=O) groups excluding carboxylic acids is 2. The Morgan fingerprint density at radius 2 is 1.55 bits per heavy atom. The molecule has 0 unspecified atom stereocenters. The van der Waals surface area contributed by atoms with Gasteiger partial charge in [-0.3, -0.25) is 9.59 Å². The number of hydrogen-bond acceptors (Lipinski definition) is 3. The highest BCUT2D eigenvalue weighted by atomic mass is 16.2. The molecule has 0 radical (unpaired) electrons. The van der Waals surface area contributed by atoms with Gasteiger partial charge in [0, 0.05) is 43.7 Å². The van der Waals surface area contributed by atoms with Gasteiger partial charge in [-0.2, -0.15) is 0 Å². The normalized spacial score (nSPS) is 16.5. The van der Waals surface area contributed by atoms with E-state index in [9.17, 15) is 9.59 Å². The first-order valence-corrected chi connectivity index (χ1v) is 12.2. The van der Waals surface area contributed by atoms with E-state index in [1.54, 1.807) is 55.5 Å². The first-order chi connectivity index (χ1) is 20.1. The number of para-hydroxylation sites is 1. The standard InChI is InChI=1S/C32H26N4O2/c1-21-33-28-19-20-36(29-14-8-7-13-27(29)30(28)34-21)32(38)23-15-17-24(18-16-23)35-31(37)26-12-6-5-11-25(26)22-9-3-2-4-10-22/h2-18H,19-20H2,1H3,(H,33,34)(H,35,37)/i19D2,20D2. The highest BCUT2D eigenvalue weighted by molar-refractivity contribution is 6.10. The van der Waals surface area contributed by atoms with E-state index in [0.717, 1.165) is 16.0 Å². The number of aromatic nitrogens is 2. The van der Waals surface area contributed by atoms with E-state index in [2.05, 4.69) is 15.3 Å². The van der Waals surface area contributed by atoms with Crippen molar-refractivity contribution in [2.24, 2.45) is 0 Å². The molecule has 2 heterocycles. The van der Waals surface area contributed by atoms with Gasteiger partial charge in [-0.25, -0.2) is 4.98 Å². The molecule has 0 saturated carbocycles. The minimum atomic E-state index is -2.78. The molecule has 2 N–H and O–H groups in total. The molecule has 0 atom stereocenters. The van der Waals surface area contributed by atoms with Crippen molar-refractivity contribution in [3.8, 4) is 22.4 Å². The first kappa shape index (κ1) is 19.2. The molecule has 0 saturated heterocycles. The molecular weight excluding hydrogens is 472 g/mol. The van der Waals surface area contributed by atoms with E-state index in [4.69, 9.17) is 5.48 Å². The number of hydrogen-bond donors (Lipinski definition) is 2. The van der Waals surface area contributed by atoms with Crippen LogP contribution in [0.15, 0.2) is 103 Å². The Bertz CT molecular complexity index is 1820. The van der Waals surface area contributed by atoms with E-state index in [-0.39, 0.29) is 28.5 Å². The van der Waals surface area contributed by atoms with Gasteiger partial charge in [0.25, 0.3) is 11.8 Å². The second-order valence-electron chi connectivity index (χ2n) is 8.88. The molecule has 6 heteroatoms. The van der Waals surface area contributed by atoms with E-state index in [0.29, 0.717) is 22.6 Å². The molecule has 38 heavy (non-hydrogen) atoms. The highest BCUT2D eigenvalue weighted by Gasteiger charge is 2.26. The quantitative estimate of drug-likeness (QED) is 0.294.